The van der Waals surface area contributed by atoms with Gasteiger partial charge in [-0.3, -0.25) is 9.59 Å². The molecule has 0 spiro atoms. The molecule has 1 heterocycles. The summed E-state index contributed by atoms with van der Waals surface area (Å²) in [5.41, 5.74) is -1.47. The molecule has 0 aliphatic heterocycles. The van der Waals surface area contributed by atoms with Crippen LogP contribution in [0.25, 0.3) is 11.3 Å². The summed E-state index contributed by atoms with van der Waals surface area (Å²) in [5.74, 6) is -0.699. The third-order valence-electron chi connectivity index (χ3n) is 4.20. The molecule has 2 aromatic carbocycles. The molecule has 1 atom stereocenters. The molecule has 1 aromatic heterocycles. The number of nitriles is 1. The lowest BCUT2D eigenvalue weighted by Crippen LogP contribution is -2.25. The zero-order valence-corrected chi connectivity index (χ0v) is 16.8. The molecular formula is C21H15F3N4O2S. The zero-order chi connectivity index (χ0) is 22.6. The van der Waals surface area contributed by atoms with Crippen LogP contribution in [0, 0.1) is 11.3 Å². The molecular weight excluding hydrogens is 429 g/mol. The topological polar surface area (TPSA) is 98.6 Å². The Labute approximate surface area is 179 Å². The van der Waals surface area contributed by atoms with Crippen LogP contribution in [0.2, 0.25) is 0 Å². The van der Waals surface area contributed by atoms with Crippen LogP contribution in [0.1, 0.15) is 18.1 Å². The van der Waals surface area contributed by atoms with Gasteiger partial charge in [0.2, 0.25) is 5.91 Å². The van der Waals surface area contributed by atoms with E-state index in [0.29, 0.717) is 5.56 Å². The number of carbonyl (C=O) groups is 1. The van der Waals surface area contributed by atoms with E-state index < -0.39 is 28.5 Å². The van der Waals surface area contributed by atoms with Crippen molar-refractivity contribution in [3.63, 3.8) is 0 Å². The van der Waals surface area contributed by atoms with Crippen LogP contribution in [0.15, 0.2) is 64.5 Å². The number of para-hydroxylation sites is 1. The summed E-state index contributed by atoms with van der Waals surface area (Å²) >= 11 is 0.857. The molecule has 3 rings (SSSR count). The van der Waals surface area contributed by atoms with Crippen LogP contribution in [0.4, 0.5) is 18.9 Å². The Hall–Kier alpha value is -3.58. The fourth-order valence-electron chi connectivity index (χ4n) is 2.71. The van der Waals surface area contributed by atoms with Crippen LogP contribution < -0.4 is 10.9 Å². The van der Waals surface area contributed by atoms with Gasteiger partial charge in [0.1, 0.15) is 11.6 Å². The van der Waals surface area contributed by atoms with Crippen molar-refractivity contribution in [3.05, 3.63) is 76.1 Å². The predicted octanol–water partition coefficient (Wildman–Crippen LogP) is 4.45. The molecule has 158 valence electrons. The fourth-order valence-corrected chi connectivity index (χ4v) is 3.51. The molecule has 0 fully saturated rings. The van der Waals surface area contributed by atoms with Gasteiger partial charge in [0, 0.05) is 5.56 Å². The average Bonchev–Trinajstić information content (AvgIpc) is 2.73. The van der Waals surface area contributed by atoms with Crippen LogP contribution in [-0.4, -0.2) is 21.1 Å². The summed E-state index contributed by atoms with van der Waals surface area (Å²) in [6.45, 7) is 1.47. The largest absolute Gasteiger partial charge is 0.418 e. The second-order valence-electron chi connectivity index (χ2n) is 6.37. The first kappa shape index (κ1) is 22.1. The lowest BCUT2D eigenvalue weighted by Gasteiger charge is -2.16. The number of rotatable bonds is 5. The van der Waals surface area contributed by atoms with Gasteiger partial charge in [-0.2, -0.15) is 18.4 Å². The lowest BCUT2D eigenvalue weighted by atomic mass is 10.1. The van der Waals surface area contributed by atoms with Crippen LogP contribution in [-0.2, 0) is 11.0 Å². The first-order valence-corrected chi connectivity index (χ1v) is 9.82. The van der Waals surface area contributed by atoms with Crippen LogP contribution >= 0.6 is 11.8 Å². The van der Waals surface area contributed by atoms with Crippen molar-refractivity contribution in [1.29, 1.82) is 5.26 Å². The van der Waals surface area contributed by atoms with E-state index in [2.05, 4.69) is 15.3 Å². The first-order chi connectivity index (χ1) is 14.7. The standard InChI is InChI=1S/C21H15F3N4O2S/c1-12(18(29)26-16-10-6-5-9-15(16)21(22,23)24)31-20-27-17(13-7-3-2-4-8-13)14(11-25)19(30)28-20/h2-10,12H,1H3,(H,26,29)(H,27,28,30). The Balaban J connectivity index is 1.85. The molecule has 0 radical (unpaired) electrons. The molecule has 0 aliphatic carbocycles. The van der Waals surface area contributed by atoms with E-state index in [4.69, 9.17) is 0 Å². The summed E-state index contributed by atoms with van der Waals surface area (Å²) < 4.78 is 39.4. The van der Waals surface area contributed by atoms with Crippen molar-refractivity contribution in [2.45, 2.75) is 23.5 Å². The molecule has 0 saturated heterocycles. The summed E-state index contributed by atoms with van der Waals surface area (Å²) in [5, 5.41) is 10.7. The Morgan fingerprint density at radius 2 is 1.81 bits per heavy atom. The maximum Gasteiger partial charge on any atom is 0.418 e. The van der Waals surface area contributed by atoms with E-state index in [1.54, 1.807) is 30.3 Å². The van der Waals surface area contributed by atoms with E-state index in [-0.39, 0.29) is 22.1 Å². The Morgan fingerprint density at radius 3 is 2.45 bits per heavy atom. The molecule has 1 amide bonds. The number of aromatic nitrogens is 2. The number of halogens is 3. The van der Waals surface area contributed by atoms with Crippen molar-refractivity contribution < 1.29 is 18.0 Å². The van der Waals surface area contributed by atoms with Crippen LogP contribution in [0.3, 0.4) is 0 Å². The number of nitrogens with zero attached hydrogens (tertiary/aromatic N) is 2. The number of hydrogen-bond acceptors (Lipinski definition) is 5. The third-order valence-corrected chi connectivity index (χ3v) is 5.19. The number of thioether (sulfide) groups is 1. The molecule has 2 N–H and O–H groups in total. The molecule has 1 unspecified atom stereocenters. The molecule has 6 nitrogen and oxygen atoms in total. The van der Waals surface area contributed by atoms with Gasteiger partial charge in [-0.25, -0.2) is 4.98 Å². The molecule has 10 heteroatoms. The van der Waals surface area contributed by atoms with Gasteiger partial charge >= 0.3 is 6.18 Å². The van der Waals surface area contributed by atoms with E-state index in [1.165, 1.54) is 19.1 Å². The minimum atomic E-state index is -4.62. The number of amides is 1. The Morgan fingerprint density at radius 1 is 1.16 bits per heavy atom. The fraction of sp³-hybridized carbons (Fsp3) is 0.143. The maximum absolute atomic E-state index is 13.1. The van der Waals surface area contributed by atoms with E-state index in [0.717, 1.165) is 23.9 Å². The first-order valence-electron chi connectivity index (χ1n) is 8.94. The van der Waals surface area contributed by atoms with Crippen molar-refractivity contribution in [1.82, 2.24) is 9.97 Å². The van der Waals surface area contributed by atoms with Crippen molar-refractivity contribution >= 4 is 23.4 Å². The summed E-state index contributed by atoms with van der Waals surface area (Å²) in [4.78, 5) is 31.5. The highest BCUT2D eigenvalue weighted by Gasteiger charge is 2.34. The summed E-state index contributed by atoms with van der Waals surface area (Å²) in [6.07, 6.45) is -4.62. The second kappa shape index (κ2) is 9.06. The van der Waals surface area contributed by atoms with Crippen molar-refractivity contribution in [3.8, 4) is 17.3 Å². The lowest BCUT2D eigenvalue weighted by molar-refractivity contribution is -0.137. The molecule has 0 bridgehead atoms. The minimum Gasteiger partial charge on any atom is -0.325 e. The predicted molar refractivity (Wildman–Crippen MR) is 110 cm³/mol. The smallest absolute Gasteiger partial charge is 0.325 e. The third kappa shape index (κ3) is 5.13. The average molecular weight is 444 g/mol. The minimum absolute atomic E-state index is 0.0645. The van der Waals surface area contributed by atoms with Gasteiger partial charge in [-0.1, -0.05) is 54.2 Å². The highest BCUT2D eigenvalue weighted by molar-refractivity contribution is 8.00. The number of benzene rings is 2. The molecule has 3 aromatic rings. The maximum atomic E-state index is 13.1. The quantitative estimate of drug-likeness (QED) is 0.448. The second-order valence-corrected chi connectivity index (χ2v) is 7.69. The highest BCUT2D eigenvalue weighted by Crippen LogP contribution is 2.35. The van der Waals surface area contributed by atoms with Crippen molar-refractivity contribution in [2.75, 3.05) is 5.32 Å². The van der Waals surface area contributed by atoms with Crippen molar-refractivity contribution in [2.24, 2.45) is 0 Å². The van der Waals surface area contributed by atoms with E-state index in [9.17, 15) is 28.0 Å². The molecule has 0 saturated carbocycles. The highest BCUT2D eigenvalue weighted by atomic mass is 32.2. The Bertz CT molecular complexity index is 1200. The number of carbonyl (C=O) groups excluding carboxylic acids is 1. The number of alkyl halides is 3. The number of nitrogens with one attached hydrogen (secondary N) is 2. The van der Waals surface area contributed by atoms with E-state index in [1.807, 2.05) is 6.07 Å². The zero-order valence-electron chi connectivity index (χ0n) is 16.0. The van der Waals surface area contributed by atoms with Gasteiger partial charge in [-0.15, -0.1) is 0 Å². The Kier molecular flexibility index (Phi) is 6.46. The van der Waals surface area contributed by atoms with Gasteiger partial charge in [0.25, 0.3) is 5.56 Å². The number of anilines is 1. The monoisotopic (exact) mass is 444 g/mol. The number of aromatic amines is 1. The normalized spacial score (nSPS) is 12.1. The summed E-state index contributed by atoms with van der Waals surface area (Å²) in [6, 6.07) is 15.0. The summed E-state index contributed by atoms with van der Waals surface area (Å²) in [7, 11) is 0. The molecule has 0 aliphatic rings. The number of hydrogen-bond donors (Lipinski definition) is 2. The van der Waals surface area contributed by atoms with Gasteiger partial charge in [-0.05, 0) is 19.1 Å². The molecule has 31 heavy (non-hydrogen) atoms. The SMILES string of the molecule is CC(Sc1nc(-c2ccccc2)c(C#N)c(=O)[nH]1)C(=O)Nc1ccccc1C(F)(F)F. The van der Waals surface area contributed by atoms with Gasteiger partial charge in [0.15, 0.2) is 5.16 Å². The number of H-pyrrole nitrogens is 1. The van der Waals surface area contributed by atoms with Gasteiger partial charge < -0.3 is 10.3 Å². The van der Waals surface area contributed by atoms with E-state index >= 15 is 0 Å². The van der Waals surface area contributed by atoms with Crippen LogP contribution in [0.5, 0.6) is 0 Å². The van der Waals surface area contributed by atoms with Gasteiger partial charge in [0.05, 0.1) is 22.2 Å².